The van der Waals surface area contributed by atoms with E-state index >= 15 is 0 Å². The van der Waals surface area contributed by atoms with Gasteiger partial charge in [0, 0.05) is 30.1 Å². The van der Waals surface area contributed by atoms with E-state index in [1.807, 2.05) is 30.0 Å². The molecule has 1 saturated heterocycles. The zero-order valence-corrected chi connectivity index (χ0v) is 14.4. The lowest BCUT2D eigenvalue weighted by Crippen LogP contribution is -2.47. The van der Waals surface area contributed by atoms with Gasteiger partial charge in [0.2, 0.25) is 0 Å². The molecule has 2 aliphatic rings. The summed E-state index contributed by atoms with van der Waals surface area (Å²) in [5, 5.41) is 13.5. The van der Waals surface area contributed by atoms with E-state index in [0.717, 1.165) is 43.8 Å². The molecule has 0 spiro atoms. The largest absolute Gasteiger partial charge is 0.393 e. The van der Waals surface area contributed by atoms with Crippen LogP contribution in [0.4, 0.5) is 4.79 Å². The number of nitrogens with one attached hydrogen (secondary N) is 1. The van der Waals surface area contributed by atoms with Gasteiger partial charge in [-0.2, -0.15) is 0 Å². The van der Waals surface area contributed by atoms with Crippen LogP contribution in [0, 0.1) is 5.92 Å². The van der Waals surface area contributed by atoms with Crippen molar-refractivity contribution in [2.24, 2.45) is 5.92 Å². The van der Waals surface area contributed by atoms with Crippen molar-refractivity contribution in [2.45, 2.75) is 44.1 Å². The van der Waals surface area contributed by atoms with Crippen molar-refractivity contribution >= 4 is 17.6 Å². The van der Waals surface area contributed by atoms with Gasteiger partial charge in [0.15, 0.2) is 0 Å². The number of hydrogen-bond donors (Lipinski definition) is 2. The lowest BCUT2D eigenvalue weighted by molar-refractivity contribution is 0.0797. The maximum Gasteiger partial charge on any atom is 0.317 e. The van der Waals surface area contributed by atoms with Crippen molar-refractivity contribution in [3.05, 3.63) is 34.9 Å². The average Bonchev–Trinajstić information content (AvgIpc) is 3.34. The minimum absolute atomic E-state index is 0.0161. The quantitative estimate of drug-likeness (QED) is 0.887. The van der Waals surface area contributed by atoms with E-state index in [9.17, 15) is 9.90 Å². The number of nitrogens with zero attached hydrogens (tertiary/aromatic N) is 1. The van der Waals surface area contributed by atoms with E-state index in [2.05, 4.69) is 11.4 Å². The monoisotopic (exact) mass is 336 g/mol. The highest BCUT2D eigenvalue weighted by molar-refractivity contribution is 6.30. The first-order valence-corrected chi connectivity index (χ1v) is 8.85. The molecule has 0 bridgehead atoms. The number of amides is 2. The van der Waals surface area contributed by atoms with E-state index in [4.69, 9.17) is 11.6 Å². The third-order valence-corrected chi connectivity index (χ3v) is 5.61. The van der Waals surface area contributed by atoms with Crippen molar-refractivity contribution < 1.29 is 9.90 Å². The molecule has 4 nitrogen and oxygen atoms in total. The third kappa shape index (κ3) is 3.81. The zero-order chi connectivity index (χ0) is 16.4. The molecule has 1 heterocycles. The first-order chi connectivity index (χ1) is 11.0. The predicted molar refractivity (Wildman–Crippen MR) is 91.7 cm³/mol. The van der Waals surface area contributed by atoms with Crippen LogP contribution in [-0.2, 0) is 5.41 Å². The van der Waals surface area contributed by atoms with Gasteiger partial charge in [-0.15, -0.1) is 0 Å². The summed E-state index contributed by atoms with van der Waals surface area (Å²) < 4.78 is 0. The van der Waals surface area contributed by atoms with Crippen molar-refractivity contribution in [3.63, 3.8) is 0 Å². The Morgan fingerprint density at radius 3 is 2.70 bits per heavy atom. The van der Waals surface area contributed by atoms with Crippen LogP contribution in [0.5, 0.6) is 0 Å². The molecule has 1 aliphatic carbocycles. The molecule has 126 valence electrons. The number of aliphatic hydroxyl groups is 1. The maximum atomic E-state index is 12.4. The second kappa shape index (κ2) is 6.70. The minimum Gasteiger partial charge on any atom is -0.393 e. The van der Waals surface area contributed by atoms with Gasteiger partial charge in [0.1, 0.15) is 0 Å². The number of benzene rings is 1. The third-order valence-electron chi connectivity index (χ3n) is 5.38. The number of piperidine rings is 1. The maximum absolute atomic E-state index is 12.4. The van der Waals surface area contributed by atoms with E-state index in [0.29, 0.717) is 12.5 Å². The van der Waals surface area contributed by atoms with Gasteiger partial charge in [0.05, 0.1) is 6.10 Å². The Kier molecular flexibility index (Phi) is 4.83. The fourth-order valence-electron chi connectivity index (χ4n) is 3.48. The Hall–Kier alpha value is -1.26. The molecule has 1 atom stereocenters. The van der Waals surface area contributed by atoms with Crippen LogP contribution >= 0.6 is 11.6 Å². The minimum atomic E-state index is -0.280. The summed E-state index contributed by atoms with van der Waals surface area (Å²) in [6.45, 7) is 3.96. The van der Waals surface area contributed by atoms with Gasteiger partial charge in [0.25, 0.3) is 0 Å². The molecule has 0 radical (unpaired) electrons. The number of likely N-dealkylation sites (tertiary alicyclic amines) is 1. The zero-order valence-electron chi connectivity index (χ0n) is 13.6. The Morgan fingerprint density at radius 2 is 2.13 bits per heavy atom. The molecule has 2 N–H and O–H groups in total. The molecule has 1 saturated carbocycles. The van der Waals surface area contributed by atoms with Crippen LogP contribution in [-0.4, -0.2) is 41.8 Å². The highest BCUT2D eigenvalue weighted by Gasteiger charge is 2.44. The fourth-order valence-corrected chi connectivity index (χ4v) is 3.67. The summed E-state index contributed by atoms with van der Waals surface area (Å²) in [5.74, 6) is 0.320. The van der Waals surface area contributed by atoms with Gasteiger partial charge in [-0.25, -0.2) is 4.79 Å². The topological polar surface area (TPSA) is 52.6 Å². The van der Waals surface area contributed by atoms with Crippen molar-refractivity contribution in [3.8, 4) is 0 Å². The summed E-state index contributed by atoms with van der Waals surface area (Å²) in [6.07, 6.45) is 3.67. The number of hydrogen-bond acceptors (Lipinski definition) is 2. The predicted octanol–water partition coefficient (Wildman–Crippen LogP) is 3.17. The Labute approximate surface area is 142 Å². The Balaban J connectivity index is 1.52. The molecule has 23 heavy (non-hydrogen) atoms. The lowest BCUT2D eigenvalue weighted by atomic mass is 9.92. The molecular weight excluding hydrogens is 312 g/mol. The first kappa shape index (κ1) is 16.6. The molecule has 1 aromatic carbocycles. The highest BCUT2D eigenvalue weighted by atomic mass is 35.5. The van der Waals surface area contributed by atoms with Gasteiger partial charge >= 0.3 is 6.03 Å². The van der Waals surface area contributed by atoms with Gasteiger partial charge < -0.3 is 15.3 Å². The summed E-state index contributed by atoms with van der Waals surface area (Å²) in [5.41, 5.74) is 1.29. The molecule has 3 rings (SSSR count). The number of rotatable bonds is 4. The second-order valence-corrected chi connectivity index (χ2v) is 7.45. The summed E-state index contributed by atoms with van der Waals surface area (Å²) >= 11 is 6.09. The fraction of sp³-hybridized carbons (Fsp3) is 0.611. The molecule has 1 aliphatic heterocycles. The second-order valence-electron chi connectivity index (χ2n) is 7.01. The Morgan fingerprint density at radius 1 is 1.43 bits per heavy atom. The number of aliphatic hydroxyl groups excluding tert-OH is 1. The summed E-state index contributed by atoms with van der Waals surface area (Å²) in [7, 11) is 0. The van der Waals surface area contributed by atoms with E-state index in [1.54, 1.807) is 0 Å². The number of halogens is 1. The number of carbonyl (C=O) groups is 1. The number of carbonyl (C=O) groups excluding carboxylic acids is 1. The van der Waals surface area contributed by atoms with Gasteiger partial charge in [-0.1, -0.05) is 23.7 Å². The van der Waals surface area contributed by atoms with Crippen LogP contribution in [0.3, 0.4) is 0 Å². The molecule has 2 amide bonds. The van der Waals surface area contributed by atoms with Crippen LogP contribution in [0.1, 0.15) is 38.2 Å². The molecule has 5 heteroatoms. The van der Waals surface area contributed by atoms with E-state index in [-0.39, 0.29) is 17.6 Å². The molecule has 1 aromatic rings. The molecule has 1 unspecified atom stereocenters. The average molecular weight is 337 g/mol. The Bertz CT molecular complexity index is 564. The van der Waals surface area contributed by atoms with Gasteiger partial charge in [-0.3, -0.25) is 0 Å². The van der Waals surface area contributed by atoms with E-state index in [1.165, 1.54) is 5.56 Å². The SMILES string of the molecule is CC(O)C1CCN(C(=O)NCC2(c3cccc(Cl)c3)CC2)CC1. The highest BCUT2D eigenvalue weighted by Crippen LogP contribution is 2.48. The van der Waals surface area contributed by atoms with E-state index < -0.39 is 0 Å². The lowest BCUT2D eigenvalue weighted by Gasteiger charge is -2.33. The van der Waals surface area contributed by atoms with Crippen molar-refractivity contribution in [1.82, 2.24) is 10.2 Å². The van der Waals surface area contributed by atoms with Crippen LogP contribution in [0.15, 0.2) is 24.3 Å². The standard InChI is InChI=1S/C18H25ClN2O2/c1-13(22)14-5-9-21(10-6-14)17(23)20-12-18(7-8-18)15-3-2-4-16(19)11-15/h2-4,11,13-14,22H,5-10,12H2,1H3,(H,20,23). The van der Waals surface area contributed by atoms with Crippen molar-refractivity contribution in [1.29, 1.82) is 0 Å². The number of urea groups is 1. The van der Waals surface area contributed by atoms with Crippen LogP contribution in [0.2, 0.25) is 5.02 Å². The molecule has 2 fully saturated rings. The first-order valence-electron chi connectivity index (χ1n) is 8.47. The normalized spacial score (nSPS) is 21.8. The molecule has 0 aromatic heterocycles. The van der Waals surface area contributed by atoms with Crippen LogP contribution < -0.4 is 5.32 Å². The molecular formula is C18H25ClN2O2. The summed E-state index contributed by atoms with van der Waals surface area (Å²) in [6, 6.07) is 7.97. The summed E-state index contributed by atoms with van der Waals surface area (Å²) in [4.78, 5) is 14.2. The van der Waals surface area contributed by atoms with Crippen LogP contribution in [0.25, 0.3) is 0 Å². The van der Waals surface area contributed by atoms with Crippen molar-refractivity contribution in [2.75, 3.05) is 19.6 Å². The smallest absolute Gasteiger partial charge is 0.317 e. The van der Waals surface area contributed by atoms with Gasteiger partial charge in [-0.05, 0) is 56.2 Å².